The maximum absolute atomic E-state index is 12.9. The normalized spacial score (nSPS) is 19.7. The Labute approximate surface area is 133 Å². The molecule has 1 aliphatic rings. The van der Waals surface area contributed by atoms with Gasteiger partial charge in [-0.2, -0.15) is 4.31 Å². The number of thiophene rings is 1. The smallest absolute Gasteiger partial charge is 0.247 e. The lowest BCUT2D eigenvalue weighted by atomic mass is 10.0. The molecule has 0 spiro atoms. The number of rotatable bonds is 3. The van der Waals surface area contributed by atoms with Crippen LogP contribution in [0.2, 0.25) is 0 Å². The molecular formula is C14H16ClNO3S2. The molecule has 114 valence electrons. The molecule has 0 amide bonds. The lowest BCUT2D eigenvalue weighted by Crippen LogP contribution is -2.38. The Morgan fingerprint density at radius 1 is 1.52 bits per heavy atom. The number of hydrogen-bond donors (Lipinski definition) is 0. The summed E-state index contributed by atoms with van der Waals surface area (Å²) in [5.74, 6) is 1.04. The summed E-state index contributed by atoms with van der Waals surface area (Å²) in [5.41, 5.74) is 1.11. The molecular weight excluding hydrogens is 330 g/mol. The highest BCUT2D eigenvalue weighted by Gasteiger charge is 2.36. The minimum absolute atomic E-state index is 0.154. The minimum atomic E-state index is -3.57. The van der Waals surface area contributed by atoms with Crippen molar-refractivity contribution in [1.82, 2.24) is 4.31 Å². The Morgan fingerprint density at radius 2 is 2.29 bits per heavy atom. The average molecular weight is 346 g/mol. The standard InChI is InChI=1S/C14H16ClNO3S2/c1-9-12-4-6-20-13(12)3-5-16(9)21(17,18)14-7-11(8-15)19-10(14)2/h4,6-7,9H,3,5,8H2,1-2H3. The van der Waals surface area contributed by atoms with Crippen LogP contribution in [-0.4, -0.2) is 19.3 Å². The molecule has 0 saturated heterocycles. The Balaban J connectivity index is 2.01. The quantitative estimate of drug-likeness (QED) is 0.797. The third kappa shape index (κ3) is 2.44. The highest BCUT2D eigenvalue weighted by Crippen LogP contribution is 2.37. The molecule has 1 unspecified atom stereocenters. The fourth-order valence-corrected chi connectivity index (χ4v) is 5.68. The second-order valence-corrected chi connectivity index (χ2v) is 8.23. The van der Waals surface area contributed by atoms with Crippen molar-refractivity contribution in [3.05, 3.63) is 39.5 Å². The van der Waals surface area contributed by atoms with Crippen LogP contribution in [0.25, 0.3) is 0 Å². The predicted molar refractivity (Wildman–Crippen MR) is 83.3 cm³/mol. The molecule has 0 bridgehead atoms. The van der Waals surface area contributed by atoms with Gasteiger partial charge in [0.05, 0.1) is 5.88 Å². The number of fused-ring (bicyclic) bond motifs is 1. The summed E-state index contributed by atoms with van der Waals surface area (Å²) < 4.78 is 32.8. The monoisotopic (exact) mass is 345 g/mol. The second kappa shape index (κ2) is 5.43. The van der Waals surface area contributed by atoms with Crippen LogP contribution in [-0.2, 0) is 22.3 Å². The van der Waals surface area contributed by atoms with Gasteiger partial charge in [0.25, 0.3) is 0 Å². The fourth-order valence-electron chi connectivity index (χ4n) is 2.79. The molecule has 21 heavy (non-hydrogen) atoms. The molecule has 1 aliphatic heterocycles. The van der Waals surface area contributed by atoms with Crippen molar-refractivity contribution in [2.75, 3.05) is 6.54 Å². The summed E-state index contributed by atoms with van der Waals surface area (Å²) in [6.07, 6.45) is 0.760. The summed E-state index contributed by atoms with van der Waals surface area (Å²) in [4.78, 5) is 1.50. The van der Waals surface area contributed by atoms with Crippen LogP contribution < -0.4 is 0 Å². The van der Waals surface area contributed by atoms with E-state index >= 15 is 0 Å². The average Bonchev–Trinajstić information content (AvgIpc) is 3.05. The van der Waals surface area contributed by atoms with Crippen molar-refractivity contribution in [3.8, 4) is 0 Å². The van der Waals surface area contributed by atoms with Gasteiger partial charge in [0.15, 0.2) is 0 Å². The first-order chi connectivity index (χ1) is 9.95. The van der Waals surface area contributed by atoms with Gasteiger partial charge in [0.1, 0.15) is 16.4 Å². The van der Waals surface area contributed by atoms with Gasteiger partial charge in [-0.15, -0.1) is 22.9 Å². The Bertz CT molecular complexity index is 763. The number of hydrogen-bond acceptors (Lipinski definition) is 4. The molecule has 3 rings (SSSR count). The summed E-state index contributed by atoms with van der Waals surface area (Å²) in [7, 11) is -3.57. The lowest BCUT2D eigenvalue weighted by molar-refractivity contribution is 0.328. The Morgan fingerprint density at radius 3 is 2.95 bits per heavy atom. The van der Waals surface area contributed by atoms with E-state index < -0.39 is 10.0 Å². The molecule has 2 aromatic rings. The Kier molecular flexibility index (Phi) is 3.90. The van der Waals surface area contributed by atoms with E-state index in [-0.39, 0.29) is 16.8 Å². The fraction of sp³-hybridized carbons (Fsp3) is 0.429. The van der Waals surface area contributed by atoms with Crippen molar-refractivity contribution in [2.45, 2.75) is 37.1 Å². The van der Waals surface area contributed by atoms with Gasteiger partial charge in [0, 0.05) is 23.5 Å². The van der Waals surface area contributed by atoms with Crippen LogP contribution in [0.5, 0.6) is 0 Å². The van der Waals surface area contributed by atoms with E-state index in [1.807, 2.05) is 18.4 Å². The molecule has 0 aromatic carbocycles. The van der Waals surface area contributed by atoms with Gasteiger partial charge >= 0.3 is 0 Å². The highest BCUT2D eigenvalue weighted by molar-refractivity contribution is 7.89. The van der Waals surface area contributed by atoms with Crippen LogP contribution in [0.3, 0.4) is 0 Å². The zero-order valence-electron chi connectivity index (χ0n) is 11.8. The van der Waals surface area contributed by atoms with Gasteiger partial charge in [-0.25, -0.2) is 8.42 Å². The first kappa shape index (κ1) is 15.1. The zero-order valence-corrected chi connectivity index (χ0v) is 14.2. The van der Waals surface area contributed by atoms with Gasteiger partial charge in [-0.1, -0.05) is 0 Å². The summed E-state index contributed by atoms with van der Waals surface area (Å²) in [6.45, 7) is 4.09. The number of nitrogens with zero attached hydrogens (tertiary/aromatic N) is 1. The SMILES string of the molecule is Cc1oc(CCl)cc1S(=O)(=O)N1CCc2sccc2C1C. The number of aryl methyl sites for hydroxylation is 1. The van der Waals surface area contributed by atoms with Crippen molar-refractivity contribution >= 4 is 33.0 Å². The third-order valence-corrected chi connectivity index (χ3v) is 7.20. The van der Waals surface area contributed by atoms with E-state index in [2.05, 4.69) is 0 Å². The van der Waals surface area contributed by atoms with Gasteiger partial charge < -0.3 is 4.42 Å². The summed E-state index contributed by atoms with van der Waals surface area (Å²) >= 11 is 7.42. The van der Waals surface area contributed by atoms with E-state index in [9.17, 15) is 8.42 Å². The van der Waals surface area contributed by atoms with E-state index in [1.54, 1.807) is 22.6 Å². The zero-order chi connectivity index (χ0) is 15.2. The van der Waals surface area contributed by atoms with Gasteiger partial charge in [0.2, 0.25) is 10.0 Å². The molecule has 0 aliphatic carbocycles. The predicted octanol–water partition coefficient (Wildman–Crippen LogP) is 3.70. The highest BCUT2D eigenvalue weighted by atomic mass is 35.5. The summed E-state index contributed by atoms with van der Waals surface area (Å²) in [5, 5.41) is 2.02. The molecule has 0 fully saturated rings. The first-order valence-corrected chi connectivity index (χ1v) is 9.54. The molecule has 3 heterocycles. The van der Waals surface area contributed by atoms with E-state index in [0.717, 1.165) is 12.0 Å². The van der Waals surface area contributed by atoms with Crippen molar-refractivity contribution < 1.29 is 12.8 Å². The molecule has 4 nitrogen and oxygen atoms in total. The Hall–Kier alpha value is -0.820. The number of alkyl halides is 1. The van der Waals surface area contributed by atoms with Crippen LogP contribution in [0.4, 0.5) is 0 Å². The second-order valence-electron chi connectivity index (χ2n) is 5.11. The van der Waals surface area contributed by atoms with Crippen LogP contribution in [0, 0.1) is 6.92 Å². The number of sulfonamides is 1. The molecule has 7 heteroatoms. The van der Waals surface area contributed by atoms with Crippen molar-refractivity contribution in [2.24, 2.45) is 0 Å². The van der Waals surface area contributed by atoms with Crippen molar-refractivity contribution in [1.29, 1.82) is 0 Å². The van der Waals surface area contributed by atoms with Gasteiger partial charge in [-0.05, 0) is 37.3 Å². The van der Waals surface area contributed by atoms with Crippen LogP contribution in [0.15, 0.2) is 26.8 Å². The summed E-state index contributed by atoms with van der Waals surface area (Å²) in [6, 6.07) is 3.39. The first-order valence-electron chi connectivity index (χ1n) is 6.68. The van der Waals surface area contributed by atoms with Gasteiger partial charge in [-0.3, -0.25) is 0 Å². The molecule has 2 aromatic heterocycles. The van der Waals surface area contributed by atoms with E-state index in [0.29, 0.717) is 18.1 Å². The van der Waals surface area contributed by atoms with Crippen LogP contribution in [0.1, 0.15) is 34.9 Å². The van der Waals surface area contributed by atoms with Crippen molar-refractivity contribution in [3.63, 3.8) is 0 Å². The molecule has 0 N–H and O–H groups in total. The molecule has 1 atom stereocenters. The maximum Gasteiger partial charge on any atom is 0.247 e. The van der Waals surface area contributed by atoms with E-state index in [4.69, 9.17) is 16.0 Å². The number of furan rings is 1. The largest absolute Gasteiger partial charge is 0.464 e. The maximum atomic E-state index is 12.9. The third-order valence-electron chi connectivity index (χ3n) is 3.86. The number of halogens is 1. The molecule has 0 saturated carbocycles. The van der Waals surface area contributed by atoms with E-state index in [1.165, 1.54) is 10.9 Å². The van der Waals surface area contributed by atoms with Crippen LogP contribution >= 0.6 is 22.9 Å². The molecule has 0 radical (unpaired) electrons. The topological polar surface area (TPSA) is 50.5 Å². The minimum Gasteiger partial charge on any atom is -0.464 e. The lowest BCUT2D eigenvalue weighted by Gasteiger charge is -2.32.